The Kier molecular flexibility index (Phi) is 6.82. The molecule has 0 aliphatic rings. The predicted molar refractivity (Wildman–Crippen MR) is 101 cm³/mol. The molecular weight excluding hydrogens is 364 g/mol. The molecule has 0 aliphatic heterocycles. The maximum Gasteiger partial charge on any atom is 0.338 e. The minimum Gasteiger partial charge on any atom is -0.462 e. The number of carbonyl (C=O) groups excluding carboxylic acids is 2. The minimum absolute atomic E-state index is 0.109. The number of nitro benzene ring substituents is 1. The number of hydrogen-bond donors (Lipinski definition) is 2. The number of anilines is 2. The molecule has 0 heterocycles. The van der Waals surface area contributed by atoms with Crippen LogP contribution in [0.1, 0.15) is 17.3 Å². The van der Waals surface area contributed by atoms with Gasteiger partial charge in [-0.3, -0.25) is 14.9 Å². The summed E-state index contributed by atoms with van der Waals surface area (Å²) >= 11 is 0. The topological polar surface area (TPSA) is 134 Å². The van der Waals surface area contributed by atoms with E-state index >= 15 is 0 Å². The van der Waals surface area contributed by atoms with Crippen molar-refractivity contribution in [2.75, 3.05) is 17.2 Å². The maximum atomic E-state index is 12.2. The summed E-state index contributed by atoms with van der Waals surface area (Å²) in [4.78, 5) is 33.8. The Morgan fingerprint density at radius 2 is 1.75 bits per heavy atom. The summed E-state index contributed by atoms with van der Waals surface area (Å²) in [5.74, 6) is -1.11. The number of carbonyl (C=O) groups is 2. The van der Waals surface area contributed by atoms with Crippen molar-refractivity contribution in [3.63, 3.8) is 0 Å². The highest BCUT2D eigenvalue weighted by Gasteiger charge is 2.11. The second-order valence-corrected chi connectivity index (χ2v) is 5.37. The minimum atomic E-state index is -0.674. The molecule has 0 spiro atoms. The number of amides is 1. The van der Waals surface area contributed by atoms with Crippen molar-refractivity contribution in [1.29, 1.82) is 5.26 Å². The van der Waals surface area contributed by atoms with Crippen molar-refractivity contribution in [3.8, 4) is 6.07 Å². The summed E-state index contributed by atoms with van der Waals surface area (Å²) in [5, 5.41) is 25.1. The van der Waals surface area contributed by atoms with Gasteiger partial charge in [-0.1, -0.05) is 0 Å². The van der Waals surface area contributed by atoms with Crippen LogP contribution in [0.3, 0.4) is 0 Å². The van der Waals surface area contributed by atoms with Gasteiger partial charge in [0, 0.05) is 29.7 Å². The molecule has 0 radical (unpaired) electrons. The van der Waals surface area contributed by atoms with E-state index in [0.717, 1.165) is 0 Å². The standard InChI is InChI=1S/C19H16N4O5/c1-2-28-19(25)13-3-5-15(6-4-13)21-12-14(11-20)18(24)22-16-7-9-17(10-8-16)23(26)27/h3-10,12,21H,2H2,1H3,(H,22,24)/b14-12-. The second-order valence-electron chi connectivity index (χ2n) is 5.37. The third-order valence-corrected chi connectivity index (χ3v) is 3.48. The van der Waals surface area contributed by atoms with Gasteiger partial charge in [0.2, 0.25) is 0 Å². The lowest BCUT2D eigenvalue weighted by atomic mass is 10.2. The summed E-state index contributed by atoms with van der Waals surface area (Å²) in [5.41, 5.74) is 0.946. The number of hydrogen-bond acceptors (Lipinski definition) is 7. The maximum absolute atomic E-state index is 12.2. The van der Waals surface area contributed by atoms with Gasteiger partial charge in [-0.25, -0.2) is 4.79 Å². The van der Waals surface area contributed by atoms with E-state index in [9.17, 15) is 25.0 Å². The predicted octanol–water partition coefficient (Wildman–Crippen LogP) is 3.23. The number of nitrogens with one attached hydrogen (secondary N) is 2. The molecule has 0 unspecified atom stereocenters. The number of nitriles is 1. The van der Waals surface area contributed by atoms with Crippen LogP contribution in [0.25, 0.3) is 0 Å². The quantitative estimate of drug-likeness (QED) is 0.247. The third kappa shape index (κ3) is 5.40. The SMILES string of the molecule is CCOC(=O)c1ccc(N/C=C(/C#N)C(=O)Nc2ccc([N+](=O)[O-])cc2)cc1. The fraction of sp³-hybridized carbons (Fsp3) is 0.105. The Labute approximate surface area is 160 Å². The van der Waals surface area contributed by atoms with Gasteiger partial charge in [-0.2, -0.15) is 5.26 Å². The lowest BCUT2D eigenvalue weighted by Crippen LogP contribution is -2.14. The van der Waals surface area contributed by atoms with Crippen LogP contribution >= 0.6 is 0 Å². The van der Waals surface area contributed by atoms with Crippen LogP contribution < -0.4 is 10.6 Å². The zero-order valence-corrected chi connectivity index (χ0v) is 14.8. The number of rotatable bonds is 7. The lowest BCUT2D eigenvalue weighted by Gasteiger charge is -2.06. The smallest absolute Gasteiger partial charge is 0.338 e. The molecule has 28 heavy (non-hydrogen) atoms. The van der Waals surface area contributed by atoms with Crippen molar-refractivity contribution < 1.29 is 19.2 Å². The third-order valence-electron chi connectivity index (χ3n) is 3.48. The summed E-state index contributed by atoms with van der Waals surface area (Å²) in [6.07, 6.45) is 1.22. The second kappa shape index (κ2) is 9.49. The number of nitrogens with zero attached hydrogens (tertiary/aromatic N) is 2. The molecule has 0 fully saturated rings. The van der Waals surface area contributed by atoms with Gasteiger partial charge in [0.25, 0.3) is 11.6 Å². The number of benzene rings is 2. The van der Waals surface area contributed by atoms with Gasteiger partial charge >= 0.3 is 5.97 Å². The van der Waals surface area contributed by atoms with Gasteiger partial charge in [0.15, 0.2) is 0 Å². The fourth-order valence-corrected chi connectivity index (χ4v) is 2.09. The molecule has 9 nitrogen and oxygen atoms in total. The van der Waals surface area contributed by atoms with Crippen molar-refractivity contribution in [2.45, 2.75) is 6.92 Å². The van der Waals surface area contributed by atoms with E-state index in [4.69, 9.17) is 4.74 Å². The van der Waals surface area contributed by atoms with Crippen LogP contribution in [-0.4, -0.2) is 23.4 Å². The van der Waals surface area contributed by atoms with Crippen molar-refractivity contribution >= 4 is 28.9 Å². The van der Waals surface area contributed by atoms with Crippen LogP contribution in [0.15, 0.2) is 60.3 Å². The van der Waals surface area contributed by atoms with Crippen LogP contribution in [0.2, 0.25) is 0 Å². The molecule has 2 N–H and O–H groups in total. The first-order valence-corrected chi connectivity index (χ1v) is 8.14. The molecule has 2 aromatic rings. The fourth-order valence-electron chi connectivity index (χ4n) is 2.09. The van der Waals surface area contributed by atoms with Gasteiger partial charge in [0.05, 0.1) is 17.1 Å². The summed E-state index contributed by atoms with van der Waals surface area (Å²) in [6, 6.07) is 13.3. The highest BCUT2D eigenvalue weighted by atomic mass is 16.6. The van der Waals surface area contributed by atoms with E-state index in [1.165, 1.54) is 30.5 Å². The van der Waals surface area contributed by atoms with Crippen molar-refractivity contribution in [1.82, 2.24) is 0 Å². The summed E-state index contributed by atoms with van der Waals surface area (Å²) < 4.78 is 4.89. The molecule has 2 aromatic carbocycles. The molecule has 0 aromatic heterocycles. The zero-order chi connectivity index (χ0) is 20.5. The molecule has 0 aliphatic carbocycles. The first-order valence-electron chi connectivity index (χ1n) is 8.14. The molecule has 142 valence electrons. The lowest BCUT2D eigenvalue weighted by molar-refractivity contribution is -0.384. The van der Waals surface area contributed by atoms with Crippen LogP contribution in [-0.2, 0) is 9.53 Å². The first-order chi connectivity index (χ1) is 13.4. The Morgan fingerprint density at radius 1 is 1.14 bits per heavy atom. The van der Waals surface area contributed by atoms with E-state index in [2.05, 4.69) is 10.6 Å². The average Bonchev–Trinajstić information content (AvgIpc) is 2.69. The zero-order valence-electron chi connectivity index (χ0n) is 14.8. The normalized spacial score (nSPS) is 10.5. The van der Waals surface area contributed by atoms with E-state index in [-0.39, 0.29) is 17.9 Å². The Balaban J connectivity index is 2.02. The molecule has 2 rings (SSSR count). The Bertz CT molecular complexity index is 944. The molecule has 9 heteroatoms. The number of ether oxygens (including phenoxy) is 1. The van der Waals surface area contributed by atoms with Crippen LogP contribution in [0, 0.1) is 21.4 Å². The van der Waals surface area contributed by atoms with Gasteiger partial charge < -0.3 is 15.4 Å². The van der Waals surface area contributed by atoms with E-state index in [1.54, 1.807) is 37.3 Å². The monoisotopic (exact) mass is 380 g/mol. The highest BCUT2D eigenvalue weighted by Crippen LogP contribution is 2.16. The molecule has 0 saturated carbocycles. The van der Waals surface area contributed by atoms with E-state index in [1.807, 2.05) is 0 Å². The molecule has 0 saturated heterocycles. The van der Waals surface area contributed by atoms with Gasteiger partial charge in [-0.05, 0) is 43.3 Å². The molecule has 1 amide bonds. The van der Waals surface area contributed by atoms with E-state index in [0.29, 0.717) is 16.9 Å². The molecular formula is C19H16N4O5. The summed E-state index contributed by atoms with van der Waals surface area (Å²) in [6.45, 7) is 1.99. The summed E-state index contributed by atoms with van der Waals surface area (Å²) in [7, 11) is 0. The van der Waals surface area contributed by atoms with Gasteiger partial charge in [0.1, 0.15) is 11.6 Å². The Hall–Kier alpha value is -4.19. The highest BCUT2D eigenvalue weighted by molar-refractivity contribution is 6.06. The van der Waals surface area contributed by atoms with Crippen LogP contribution in [0.5, 0.6) is 0 Å². The number of nitro groups is 1. The first kappa shape index (κ1) is 20.1. The van der Waals surface area contributed by atoms with E-state index < -0.39 is 16.8 Å². The average molecular weight is 380 g/mol. The van der Waals surface area contributed by atoms with Crippen LogP contribution in [0.4, 0.5) is 17.1 Å². The van der Waals surface area contributed by atoms with Crippen molar-refractivity contribution in [2.24, 2.45) is 0 Å². The van der Waals surface area contributed by atoms with Crippen molar-refractivity contribution in [3.05, 3.63) is 76.0 Å². The number of non-ortho nitro benzene ring substituents is 1. The van der Waals surface area contributed by atoms with Gasteiger partial charge in [-0.15, -0.1) is 0 Å². The molecule has 0 atom stereocenters. The largest absolute Gasteiger partial charge is 0.462 e. The Morgan fingerprint density at radius 3 is 2.29 bits per heavy atom. The number of esters is 1. The molecule has 0 bridgehead atoms.